The highest BCUT2D eigenvalue weighted by Crippen LogP contribution is 2.52. The zero-order chi connectivity index (χ0) is 25.5. The van der Waals surface area contributed by atoms with Gasteiger partial charge >= 0.3 is 0 Å². The van der Waals surface area contributed by atoms with Crippen LogP contribution in [-0.2, 0) is 0 Å². The lowest BCUT2D eigenvalue weighted by molar-refractivity contribution is 0.222. The Labute approximate surface area is 214 Å². The maximum Gasteiger partial charge on any atom is 0.226 e. The third-order valence-corrected chi connectivity index (χ3v) is 6.74. The average molecular weight is 499 g/mol. The standard InChI is InChI=1S/C28H26N4O5/c1-33-18-11-9-16(10-12-18)26-23-24(19-7-5-6-8-20(19)37-26)31-28-29-15-30-32(28)25(23)17-13-21(34-2)27(36-4)22(14-17)35-3/h5-15,25-26H,1-4H3,(H,29,30,31)/t25-,26-/m0/s1. The lowest BCUT2D eigenvalue weighted by Gasteiger charge is -2.39. The molecule has 3 heterocycles. The smallest absolute Gasteiger partial charge is 0.226 e. The van der Waals surface area contributed by atoms with E-state index in [1.54, 1.807) is 34.8 Å². The molecule has 1 aromatic heterocycles. The SMILES string of the molecule is COc1ccc([C@@H]2Oc3ccccc3C3=C2[C@H](c2cc(OC)c(OC)c(OC)c2)n2ncnc2N3)cc1. The average Bonchev–Trinajstić information content (AvgIpc) is 3.43. The van der Waals surface area contributed by atoms with E-state index < -0.39 is 6.10 Å². The van der Waals surface area contributed by atoms with E-state index in [-0.39, 0.29) is 6.04 Å². The fourth-order valence-corrected chi connectivity index (χ4v) is 5.05. The first-order valence-electron chi connectivity index (χ1n) is 11.8. The minimum atomic E-state index is -0.412. The number of nitrogens with one attached hydrogen (secondary N) is 1. The number of rotatable bonds is 6. The van der Waals surface area contributed by atoms with Crippen LogP contribution in [0.3, 0.4) is 0 Å². The first-order chi connectivity index (χ1) is 18.2. The molecule has 2 aliphatic rings. The molecule has 9 heteroatoms. The molecule has 0 unspecified atom stereocenters. The van der Waals surface area contributed by atoms with E-state index in [2.05, 4.69) is 15.4 Å². The quantitative estimate of drug-likeness (QED) is 0.403. The van der Waals surface area contributed by atoms with Crippen LogP contribution in [-0.4, -0.2) is 43.2 Å². The van der Waals surface area contributed by atoms with E-state index in [1.165, 1.54) is 0 Å². The lowest BCUT2D eigenvalue weighted by atomic mass is 9.84. The highest BCUT2D eigenvalue weighted by molar-refractivity contribution is 5.85. The molecule has 0 fully saturated rings. The number of methoxy groups -OCH3 is 4. The molecule has 0 saturated carbocycles. The van der Waals surface area contributed by atoms with Crippen LogP contribution in [0.4, 0.5) is 5.95 Å². The molecule has 37 heavy (non-hydrogen) atoms. The summed E-state index contributed by atoms with van der Waals surface area (Å²) in [5.41, 5.74) is 4.73. The fourth-order valence-electron chi connectivity index (χ4n) is 5.05. The van der Waals surface area contributed by atoms with Crippen molar-refractivity contribution < 1.29 is 23.7 Å². The summed E-state index contributed by atoms with van der Waals surface area (Å²) in [6, 6.07) is 19.4. The summed E-state index contributed by atoms with van der Waals surface area (Å²) in [6.07, 6.45) is 1.13. The van der Waals surface area contributed by atoms with E-state index in [0.29, 0.717) is 23.2 Å². The number of aromatic nitrogens is 3. The second-order valence-electron chi connectivity index (χ2n) is 8.61. The summed E-state index contributed by atoms with van der Waals surface area (Å²) in [4.78, 5) is 4.50. The van der Waals surface area contributed by atoms with Crippen molar-refractivity contribution in [3.63, 3.8) is 0 Å². The van der Waals surface area contributed by atoms with Crippen molar-refractivity contribution in [2.45, 2.75) is 12.1 Å². The van der Waals surface area contributed by atoms with Gasteiger partial charge in [0.25, 0.3) is 0 Å². The van der Waals surface area contributed by atoms with Gasteiger partial charge in [-0.1, -0.05) is 24.3 Å². The minimum Gasteiger partial charge on any atom is -0.497 e. The van der Waals surface area contributed by atoms with Crippen molar-refractivity contribution in [3.8, 4) is 28.7 Å². The van der Waals surface area contributed by atoms with Crippen LogP contribution < -0.4 is 29.0 Å². The minimum absolute atomic E-state index is 0.372. The largest absolute Gasteiger partial charge is 0.497 e. The third-order valence-electron chi connectivity index (χ3n) is 6.74. The van der Waals surface area contributed by atoms with Crippen LogP contribution in [0.15, 0.2) is 72.6 Å². The molecule has 9 nitrogen and oxygen atoms in total. The topological polar surface area (TPSA) is 88.9 Å². The Morgan fingerprint density at radius 1 is 0.838 bits per heavy atom. The summed E-state index contributed by atoms with van der Waals surface area (Å²) in [6.45, 7) is 0. The molecule has 6 rings (SSSR count). The van der Waals surface area contributed by atoms with Gasteiger partial charge in [0.2, 0.25) is 11.7 Å². The molecular weight excluding hydrogens is 472 g/mol. The Hall–Kier alpha value is -4.66. The number of ether oxygens (including phenoxy) is 5. The van der Waals surface area contributed by atoms with Crippen LogP contribution in [0.5, 0.6) is 28.7 Å². The first-order valence-corrected chi connectivity index (χ1v) is 11.8. The molecule has 0 amide bonds. The molecule has 2 aliphatic heterocycles. The number of fused-ring (bicyclic) bond motifs is 3. The van der Waals surface area contributed by atoms with Gasteiger partial charge in [0.05, 0.1) is 34.1 Å². The fraction of sp³-hybridized carbons (Fsp3) is 0.214. The Morgan fingerprint density at radius 2 is 1.57 bits per heavy atom. The highest BCUT2D eigenvalue weighted by atomic mass is 16.5. The van der Waals surface area contributed by atoms with Crippen LogP contribution in [0.2, 0.25) is 0 Å². The molecule has 4 aromatic rings. The van der Waals surface area contributed by atoms with Crippen molar-refractivity contribution in [1.29, 1.82) is 0 Å². The molecule has 2 atom stereocenters. The Bertz CT molecular complexity index is 1470. The van der Waals surface area contributed by atoms with Gasteiger partial charge in [-0.25, -0.2) is 4.68 Å². The normalized spacial score (nSPS) is 17.5. The lowest BCUT2D eigenvalue weighted by Crippen LogP contribution is -2.32. The van der Waals surface area contributed by atoms with Crippen LogP contribution >= 0.6 is 0 Å². The summed E-state index contributed by atoms with van der Waals surface area (Å²) >= 11 is 0. The van der Waals surface area contributed by atoms with Gasteiger partial charge in [0.1, 0.15) is 30.0 Å². The maximum atomic E-state index is 6.67. The summed E-state index contributed by atoms with van der Waals surface area (Å²) in [7, 11) is 6.46. The van der Waals surface area contributed by atoms with Crippen molar-refractivity contribution in [2.24, 2.45) is 0 Å². The van der Waals surface area contributed by atoms with Crippen molar-refractivity contribution in [1.82, 2.24) is 14.8 Å². The van der Waals surface area contributed by atoms with Crippen molar-refractivity contribution >= 4 is 11.6 Å². The number of nitrogens with zero attached hydrogens (tertiary/aromatic N) is 3. The van der Waals surface area contributed by atoms with Gasteiger partial charge in [-0.3, -0.25) is 0 Å². The number of hydrogen-bond acceptors (Lipinski definition) is 8. The molecule has 0 bridgehead atoms. The molecule has 0 aliphatic carbocycles. The van der Waals surface area contributed by atoms with Crippen LogP contribution in [0, 0.1) is 0 Å². The molecular formula is C28H26N4O5. The third kappa shape index (κ3) is 3.62. The molecule has 0 radical (unpaired) electrons. The maximum absolute atomic E-state index is 6.67. The molecule has 0 saturated heterocycles. The predicted molar refractivity (Wildman–Crippen MR) is 138 cm³/mol. The van der Waals surface area contributed by atoms with E-state index in [9.17, 15) is 0 Å². The van der Waals surface area contributed by atoms with Gasteiger partial charge in [-0.15, -0.1) is 0 Å². The Kier molecular flexibility index (Phi) is 5.60. The Morgan fingerprint density at radius 3 is 2.24 bits per heavy atom. The van der Waals surface area contributed by atoms with Crippen LogP contribution in [0.25, 0.3) is 5.70 Å². The zero-order valence-electron chi connectivity index (χ0n) is 20.9. The van der Waals surface area contributed by atoms with Gasteiger partial charge in [-0.2, -0.15) is 10.1 Å². The molecule has 1 N–H and O–H groups in total. The zero-order valence-corrected chi connectivity index (χ0v) is 20.9. The summed E-state index contributed by atoms with van der Waals surface area (Å²) < 4.78 is 30.9. The van der Waals surface area contributed by atoms with E-state index in [1.807, 2.05) is 65.3 Å². The van der Waals surface area contributed by atoms with Crippen molar-refractivity contribution in [3.05, 3.63) is 89.3 Å². The number of benzene rings is 3. The van der Waals surface area contributed by atoms with Gasteiger partial charge in [0.15, 0.2) is 11.5 Å². The summed E-state index contributed by atoms with van der Waals surface area (Å²) in [5, 5.41) is 8.11. The highest BCUT2D eigenvalue weighted by Gasteiger charge is 2.41. The predicted octanol–water partition coefficient (Wildman–Crippen LogP) is 4.87. The molecule has 188 valence electrons. The number of anilines is 1. The summed E-state index contributed by atoms with van der Waals surface area (Å²) in [5.74, 6) is 3.81. The number of para-hydroxylation sites is 1. The Balaban J connectivity index is 1.61. The monoisotopic (exact) mass is 498 g/mol. The van der Waals surface area contributed by atoms with E-state index in [4.69, 9.17) is 23.7 Å². The second kappa shape index (κ2) is 9.09. The van der Waals surface area contributed by atoms with Gasteiger partial charge in [-0.05, 0) is 47.5 Å². The van der Waals surface area contributed by atoms with Crippen molar-refractivity contribution in [2.75, 3.05) is 33.8 Å². The van der Waals surface area contributed by atoms with Crippen LogP contribution in [0.1, 0.15) is 28.8 Å². The molecule has 0 spiro atoms. The second-order valence-corrected chi connectivity index (χ2v) is 8.61. The molecule has 3 aromatic carbocycles. The first kappa shape index (κ1) is 22.8. The van der Waals surface area contributed by atoms with E-state index >= 15 is 0 Å². The van der Waals surface area contributed by atoms with E-state index in [0.717, 1.165) is 39.5 Å². The van der Waals surface area contributed by atoms with Gasteiger partial charge < -0.3 is 29.0 Å². The van der Waals surface area contributed by atoms with Gasteiger partial charge in [0, 0.05) is 11.1 Å². The number of hydrogen-bond donors (Lipinski definition) is 1.